The van der Waals surface area contributed by atoms with Crippen LogP contribution in [0.25, 0.3) is 5.52 Å². The van der Waals surface area contributed by atoms with Crippen LogP contribution >= 0.6 is 0 Å². The summed E-state index contributed by atoms with van der Waals surface area (Å²) < 4.78 is 3.49. The molecule has 1 fully saturated rings. The van der Waals surface area contributed by atoms with Crippen molar-refractivity contribution >= 4 is 11.4 Å². The minimum atomic E-state index is 0.00611. The maximum atomic E-state index is 13.2. The minimum absolute atomic E-state index is 0.00611. The van der Waals surface area contributed by atoms with Crippen molar-refractivity contribution in [1.82, 2.24) is 19.5 Å². The topological polar surface area (TPSA) is 68.4 Å². The van der Waals surface area contributed by atoms with Crippen molar-refractivity contribution < 1.29 is 4.79 Å². The monoisotopic (exact) mass is 432 g/mol. The first-order chi connectivity index (χ1) is 15.7. The van der Waals surface area contributed by atoms with Gasteiger partial charge in [0.2, 0.25) is 0 Å². The van der Waals surface area contributed by atoms with Crippen LogP contribution in [0.15, 0.2) is 41.5 Å². The fraction of sp³-hybridized carbons (Fsp3) is 0.500. The summed E-state index contributed by atoms with van der Waals surface area (Å²) in [6.07, 6.45) is 16.3. The number of nitrogens with zero attached hydrogens (tertiary/aromatic N) is 3. The largest absolute Gasteiger partial charge is 0.349 e. The quantitative estimate of drug-likeness (QED) is 0.670. The molecule has 0 saturated heterocycles. The van der Waals surface area contributed by atoms with Gasteiger partial charge in [0, 0.05) is 29.6 Å². The number of hydrogen-bond donors (Lipinski definition) is 1. The van der Waals surface area contributed by atoms with E-state index in [0.717, 1.165) is 60.9 Å². The molecule has 6 nitrogen and oxygen atoms in total. The molecule has 32 heavy (non-hydrogen) atoms. The lowest BCUT2D eigenvalue weighted by Crippen LogP contribution is -2.35. The molecule has 6 heteroatoms. The molecule has 0 bridgehead atoms. The molecule has 0 spiro atoms. The van der Waals surface area contributed by atoms with E-state index >= 15 is 0 Å². The lowest BCUT2D eigenvalue weighted by Gasteiger charge is -2.21. The number of hydrogen-bond acceptors (Lipinski definition) is 3. The first-order valence-electron chi connectivity index (χ1n) is 12.2. The Morgan fingerprint density at radius 1 is 0.938 bits per heavy atom. The second-order valence-electron chi connectivity index (χ2n) is 9.37. The Bertz CT molecular complexity index is 1150. The van der Waals surface area contributed by atoms with Crippen molar-refractivity contribution in [1.29, 1.82) is 0 Å². The van der Waals surface area contributed by atoms with Gasteiger partial charge >= 0.3 is 0 Å². The number of amides is 1. The fourth-order valence-corrected chi connectivity index (χ4v) is 5.21. The molecule has 5 rings (SSSR count). The highest BCUT2D eigenvalue weighted by molar-refractivity contribution is 5.94. The molecule has 1 saturated carbocycles. The molecule has 0 atom stereocenters. The average Bonchev–Trinajstić information content (AvgIpc) is 3.17. The molecule has 2 aromatic heterocycles. The number of nitrogens with one attached hydrogen (secondary N) is 1. The van der Waals surface area contributed by atoms with Gasteiger partial charge in [0.25, 0.3) is 11.5 Å². The summed E-state index contributed by atoms with van der Waals surface area (Å²) in [4.78, 5) is 25.9. The van der Waals surface area contributed by atoms with Gasteiger partial charge in [-0.3, -0.25) is 9.59 Å². The van der Waals surface area contributed by atoms with Crippen molar-refractivity contribution in [3.05, 3.63) is 69.4 Å². The average molecular weight is 433 g/mol. The zero-order chi connectivity index (χ0) is 21.9. The Morgan fingerprint density at radius 2 is 1.66 bits per heavy atom. The normalized spacial score (nSPS) is 17.5. The maximum absolute atomic E-state index is 13.2. The van der Waals surface area contributed by atoms with Crippen molar-refractivity contribution in [2.75, 3.05) is 0 Å². The van der Waals surface area contributed by atoms with E-state index in [9.17, 15) is 9.59 Å². The number of aryl methyl sites for hydroxylation is 2. The summed E-state index contributed by atoms with van der Waals surface area (Å²) in [7, 11) is 0. The first-order valence-corrected chi connectivity index (χ1v) is 12.2. The Kier molecular flexibility index (Phi) is 6.10. The molecule has 0 radical (unpaired) electrons. The van der Waals surface area contributed by atoms with Crippen molar-refractivity contribution in [3.8, 4) is 0 Å². The van der Waals surface area contributed by atoms with Crippen LogP contribution in [0.2, 0.25) is 0 Å². The number of rotatable bonds is 4. The molecule has 0 aliphatic heterocycles. The summed E-state index contributed by atoms with van der Waals surface area (Å²) >= 11 is 0. The van der Waals surface area contributed by atoms with E-state index in [4.69, 9.17) is 0 Å². The van der Waals surface area contributed by atoms with Crippen LogP contribution in [-0.4, -0.2) is 26.1 Å². The lowest BCUT2D eigenvalue weighted by molar-refractivity contribution is 0.0930. The summed E-state index contributed by atoms with van der Waals surface area (Å²) in [6.45, 7) is 0.486. The fourth-order valence-electron chi connectivity index (χ4n) is 5.21. The summed E-state index contributed by atoms with van der Waals surface area (Å²) in [5.74, 6) is 0.00611. The second kappa shape index (κ2) is 9.31. The van der Waals surface area contributed by atoms with Gasteiger partial charge in [-0.05, 0) is 56.2 Å². The van der Waals surface area contributed by atoms with Crippen molar-refractivity contribution in [3.63, 3.8) is 0 Å². The van der Waals surface area contributed by atoms with E-state index in [-0.39, 0.29) is 17.5 Å². The van der Waals surface area contributed by atoms with Gasteiger partial charge < -0.3 is 9.88 Å². The van der Waals surface area contributed by atoms with Crippen LogP contribution in [0.4, 0.5) is 0 Å². The number of aromatic nitrogens is 3. The Hall–Kier alpha value is -2.89. The third-order valence-electron chi connectivity index (χ3n) is 7.04. The third-order valence-corrected chi connectivity index (χ3v) is 7.04. The zero-order valence-electron chi connectivity index (χ0n) is 18.7. The van der Waals surface area contributed by atoms with Crippen molar-refractivity contribution in [2.24, 2.45) is 0 Å². The molecule has 2 aliphatic rings. The molecule has 0 unspecified atom stereocenters. The number of benzene rings is 1. The highest BCUT2D eigenvalue weighted by atomic mass is 16.1. The second-order valence-corrected chi connectivity index (χ2v) is 9.37. The van der Waals surface area contributed by atoms with Gasteiger partial charge in [-0.25, -0.2) is 4.52 Å². The lowest BCUT2D eigenvalue weighted by atomic mass is 9.96. The molecule has 2 heterocycles. The highest BCUT2D eigenvalue weighted by Gasteiger charge is 2.20. The maximum Gasteiger partial charge on any atom is 0.277 e. The molecule has 3 aromatic rings. The molecule has 1 aromatic carbocycles. The summed E-state index contributed by atoms with van der Waals surface area (Å²) in [5, 5.41) is 7.83. The molecular formula is C26H32N4O2. The third kappa shape index (κ3) is 4.36. The van der Waals surface area contributed by atoms with Crippen LogP contribution in [0.1, 0.15) is 85.0 Å². The number of carbonyl (C=O) groups excluding carboxylic acids is 1. The molecule has 168 valence electrons. The Balaban J connectivity index is 1.29. The Morgan fingerprint density at radius 3 is 2.44 bits per heavy atom. The van der Waals surface area contributed by atoms with E-state index in [2.05, 4.69) is 10.4 Å². The van der Waals surface area contributed by atoms with Crippen molar-refractivity contribution in [2.45, 2.75) is 83.2 Å². The minimum Gasteiger partial charge on any atom is -0.349 e. The molecular weight excluding hydrogens is 400 g/mol. The first kappa shape index (κ1) is 21.0. The van der Waals surface area contributed by atoms with Gasteiger partial charge in [0.15, 0.2) is 0 Å². The van der Waals surface area contributed by atoms with Crippen LogP contribution in [-0.2, 0) is 19.4 Å². The Labute approximate surface area is 188 Å². The highest BCUT2D eigenvalue weighted by Crippen LogP contribution is 2.23. The smallest absolute Gasteiger partial charge is 0.277 e. The van der Waals surface area contributed by atoms with E-state index in [1.807, 2.05) is 36.7 Å². The SMILES string of the molecule is O=C(NC1CCCCCCC1)c1ccc(Cn2ccn3nc4c(c3c2=O)CCCC4)cc1. The predicted octanol–water partition coefficient (Wildman–Crippen LogP) is 4.27. The van der Waals surface area contributed by atoms with Gasteiger partial charge in [0.1, 0.15) is 5.52 Å². The summed E-state index contributed by atoms with van der Waals surface area (Å²) in [6, 6.07) is 7.94. The molecule has 1 amide bonds. The molecule has 1 N–H and O–H groups in total. The van der Waals surface area contributed by atoms with Crippen LogP contribution in [0.3, 0.4) is 0 Å². The van der Waals surface area contributed by atoms with E-state index in [0.29, 0.717) is 12.1 Å². The van der Waals surface area contributed by atoms with Gasteiger partial charge in [0.05, 0.1) is 12.2 Å². The van der Waals surface area contributed by atoms with Gasteiger partial charge in [-0.1, -0.05) is 44.2 Å². The van der Waals surface area contributed by atoms with E-state index < -0.39 is 0 Å². The van der Waals surface area contributed by atoms with Crippen LogP contribution in [0, 0.1) is 0 Å². The van der Waals surface area contributed by atoms with Gasteiger partial charge in [-0.15, -0.1) is 0 Å². The van der Waals surface area contributed by atoms with Crippen LogP contribution in [0.5, 0.6) is 0 Å². The predicted molar refractivity (Wildman–Crippen MR) is 125 cm³/mol. The van der Waals surface area contributed by atoms with E-state index in [1.165, 1.54) is 32.1 Å². The standard InChI is InChI=1S/C26H32N4O2/c31-25(27-21-8-4-2-1-3-5-9-21)20-14-12-19(13-15-20)18-29-16-17-30-24(26(29)32)22-10-6-7-11-23(22)28-30/h12-17,21H,1-11,18H2,(H,27,31). The zero-order valence-corrected chi connectivity index (χ0v) is 18.7. The van der Waals surface area contributed by atoms with Gasteiger partial charge in [-0.2, -0.15) is 5.10 Å². The molecule has 2 aliphatic carbocycles. The number of carbonyl (C=O) groups is 1. The van der Waals surface area contributed by atoms with E-state index in [1.54, 1.807) is 9.08 Å². The number of fused-ring (bicyclic) bond motifs is 3. The van der Waals surface area contributed by atoms with Crippen LogP contribution < -0.4 is 10.9 Å². The summed E-state index contributed by atoms with van der Waals surface area (Å²) in [5.41, 5.74) is 4.62.